The monoisotopic (exact) mass is 270 g/mol. The summed E-state index contributed by atoms with van der Waals surface area (Å²) in [5, 5.41) is 0. The Hall–Kier alpha value is -1.87. The van der Waals surface area contributed by atoms with Crippen LogP contribution in [-0.4, -0.2) is 4.98 Å². The van der Waals surface area contributed by atoms with Gasteiger partial charge in [-0.2, -0.15) is 0 Å². The van der Waals surface area contributed by atoms with Gasteiger partial charge < -0.3 is 10.5 Å². The molecule has 1 heterocycles. The molecule has 0 fully saturated rings. The van der Waals surface area contributed by atoms with Gasteiger partial charge in [0.25, 0.3) is 0 Å². The summed E-state index contributed by atoms with van der Waals surface area (Å²) in [5.41, 5.74) is 8.96. The van der Waals surface area contributed by atoms with E-state index in [0.29, 0.717) is 18.3 Å². The maximum atomic E-state index is 5.97. The molecule has 0 saturated carbocycles. The smallest absolute Gasteiger partial charge is 0.214 e. The van der Waals surface area contributed by atoms with Crippen molar-refractivity contribution >= 4 is 0 Å². The molecule has 1 aromatic carbocycles. The normalized spacial score (nSPS) is 12.4. The van der Waals surface area contributed by atoms with E-state index < -0.39 is 0 Å². The second-order valence-electron chi connectivity index (χ2n) is 5.27. The van der Waals surface area contributed by atoms with Crippen LogP contribution < -0.4 is 10.5 Å². The fourth-order valence-corrected chi connectivity index (χ4v) is 2.03. The van der Waals surface area contributed by atoms with Gasteiger partial charge in [-0.15, -0.1) is 0 Å². The summed E-state index contributed by atoms with van der Waals surface area (Å²) in [4.78, 5) is 4.57. The minimum Gasteiger partial charge on any atom is -0.470 e. The lowest BCUT2D eigenvalue weighted by molar-refractivity contribution is 0.216. The lowest BCUT2D eigenvalue weighted by Gasteiger charge is -2.16. The maximum absolute atomic E-state index is 5.97. The zero-order chi connectivity index (χ0) is 14.5. The summed E-state index contributed by atoms with van der Waals surface area (Å²) in [6, 6.07) is 14.1. The van der Waals surface area contributed by atoms with Crippen LogP contribution in [0.5, 0.6) is 5.88 Å². The van der Waals surface area contributed by atoms with Crippen molar-refractivity contribution in [2.24, 2.45) is 5.73 Å². The maximum Gasteiger partial charge on any atom is 0.214 e. The van der Waals surface area contributed by atoms with Gasteiger partial charge in [-0.25, -0.2) is 4.98 Å². The second-order valence-corrected chi connectivity index (χ2v) is 5.27. The molecule has 3 nitrogen and oxygen atoms in total. The second kappa shape index (κ2) is 6.53. The SMILES string of the molecule is CC(C)c1cc(CN)cc(OC(C)c2ccccc2)n1. The van der Waals surface area contributed by atoms with E-state index in [1.807, 2.05) is 37.3 Å². The van der Waals surface area contributed by atoms with E-state index in [4.69, 9.17) is 10.5 Å². The highest BCUT2D eigenvalue weighted by molar-refractivity contribution is 5.27. The van der Waals surface area contributed by atoms with Gasteiger partial charge in [-0.1, -0.05) is 44.2 Å². The molecule has 0 radical (unpaired) electrons. The number of hydrogen-bond acceptors (Lipinski definition) is 3. The van der Waals surface area contributed by atoms with Crippen LogP contribution in [0.25, 0.3) is 0 Å². The molecular formula is C17H22N2O. The Morgan fingerprint density at radius 2 is 1.80 bits per heavy atom. The Labute approximate surface area is 120 Å². The van der Waals surface area contributed by atoms with Crippen molar-refractivity contribution in [1.82, 2.24) is 4.98 Å². The average Bonchev–Trinajstić information content (AvgIpc) is 2.47. The molecule has 0 amide bonds. The Bertz CT molecular complexity index is 552. The molecule has 0 bridgehead atoms. The number of nitrogens with zero attached hydrogens (tertiary/aromatic N) is 1. The molecule has 2 N–H and O–H groups in total. The fourth-order valence-electron chi connectivity index (χ4n) is 2.03. The van der Waals surface area contributed by atoms with Crippen LogP contribution in [0.4, 0.5) is 0 Å². The molecule has 0 spiro atoms. The highest BCUT2D eigenvalue weighted by Gasteiger charge is 2.11. The molecular weight excluding hydrogens is 248 g/mol. The van der Waals surface area contributed by atoms with Gasteiger partial charge in [0.05, 0.1) is 0 Å². The van der Waals surface area contributed by atoms with Crippen LogP contribution in [-0.2, 0) is 6.54 Å². The lowest BCUT2D eigenvalue weighted by Crippen LogP contribution is -2.07. The summed E-state index contributed by atoms with van der Waals surface area (Å²) < 4.78 is 5.97. The van der Waals surface area contributed by atoms with Gasteiger partial charge in [0, 0.05) is 18.3 Å². The number of benzene rings is 1. The molecule has 0 aliphatic heterocycles. The molecule has 106 valence electrons. The highest BCUT2D eigenvalue weighted by atomic mass is 16.5. The topological polar surface area (TPSA) is 48.1 Å². The Morgan fingerprint density at radius 1 is 1.10 bits per heavy atom. The van der Waals surface area contributed by atoms with Crippen LogP contribution in [0.1, 0.15) is 49.6 Å². The first-order valence-corrected chi connectivity index (χ1v) is 7.02. The minimum absolute atomic E-state index is 0.0308. The summed E-state index contributed by atoms with van der Waals surface area (Å²) in [6.45, 7) is 6.76. The van der Waals surface area contributed by atoms with Crippen molar-refractivity contribution in [2.45, 2.75) is 39.3 Å². The van der Waals surface area contributed by atoms with E-state index in [1.54, 1.807) is 0 Å². The predicted octanol–water partition coefficient (Wildman–Crippen LogP) is 3.80. The molecule has 1 atom stereocenters. The third-order valence-corrected chi connectivity index (χ3v) is 3.28. The van der Waals surface area contributed by atoms with Crippen molar-refractivity contribution in [3.63, 3.8) is 0 Å². The Kier molecular flexibility index (Phi) is 4.74. The van der Waals surface area contributed by atoms with Crippen molar-refractivity contribution in [2.75, 3.05) is 0 Å². The van der Waals surface area contributed by atoms with Crippen molar-refractivity contribution in [3.05, 3.63) is 59.3 Å². The van der Waals surface area contributed by atoms with Crippen LogP contribution >= 0.6 is 0 Å². The van der Waals surface area contributed by atoms with Crippen molar-refractivity contribution < 1.29 is 4.74 Å². The first-order valence-electron chi connectivity index (χ1n) is 7.02. The standard InChI is InChI=1S/C17H22N2O/c1-12(2)16-9-14(11-18)10-17(19-16)20-13(3)15-7-5-4-6-8-15/h4-10,12-13H,11,18H2,1-3H3. The molecule has 1 aromatic heterocycles. The largest absolute Gasteiger partial charge is 0.470 e. The van der Waals surface area contributed by atoms with Gasteiger partial charge in [-0.3, -0.25) is 0 Å². The Balaban J connectivity index is 2.22. The van der Waals surface area contributed by atoms with Crippen LogP contribution in [0.3, 0.4) is 0 Å². The van der Waals surface area contributed by atoms with Crippen molar-refractivity contribution in [3.8, 4) is 5.88 Å². The molecule has 0 aliphatic rings. The number of nitrogens with two attached hydrogens (primary N) is 1. The van der Waals surface area contributed by atoms with Crippen molar-refractivity contribution in [1.29, 1.82) is 0 Å². The van der Waals surface area contributed by atoms with Crippen LogP contribution in [0.2, 0.25) is 0 Å². The molecule has 2 aromatic rings. The predicted molar refractivity (Wildman–Crippen MR) is 81.7 cm³/mol. The molecule has 2 rings (SSSR count). The van der Waals surface area contributed by atoms with Gasteiger partial charge >= 0.3 is 0 Å². The number of aromatic nitrogens is 1. The first kappa shape index (κ1) is 14.5. The third kappa shape index (κ3) is 3.58. The summed E-state index contributed by atoms with van der Waals surface area (Å²) in [7, 11) is 0. The van der Waals surface area contributed by atoms with E-state index in [9.17, 15) is 0 Å². The summed E-state index contributed by atoms with van der Waals surface area (Å²) >= 11 is 0. The minimum atomic E-state index is -0.0308. The van der Waals surface area contributed by atoms with Gasteiger partial charge in [0.15, 0.2) is 0 Å². The van der Waals surface area contributed by atoms with E-state index in [1.165, 1.54) is 0 Å². The number of rotatable bonds is 5. The van der Waals surface area contributed by atoms with Crippen LogP contribution in [0, 0.1) is 0 Å². The average molecular weight is 270 g/mol. The zero-order valence-electron chi connectivity index (χ0n) is 12.3. The number of pyridine rings is 1. The molecule has 0 saturated heterocycles. The number of ether oxygens (including phenoxy) is 1. The quantitative estimate of drug-likeness (QED) is 0.899. The fraction of sp³-hybridized carbons (Fsp3) is 0.353. The summed E-state index contributed by atoms with van der Waals surface area (Å²) in [6.07, 6.45) is -0.0308. The molecule has 3 heteroatoms. The third-order valence-electron chi connectivity index (χ3n) is 3.28. The summed E-state index contributed by atoms with van der Waals surface area (Å²) in [5.74, 6) is 1.00. The molecule has 0 aliphatic carbocycles. The Morgan fingerprint density at radius 3 is 2.40 bits per heavy atom. The first-order chi connectivity index (χ1) is 9.60. The van der Waals surface area contributed by atoms with Gasteiger partial charge in [0.2, 0.25) is 5.88 Å². The number of hydrogen-bond donors (Lipinski definition) is 1. The zero-order valence-corrected chi connectivity index (χ0v) is 12.3. The van der Waals surface area contributed by atoms with Gasteiger partial charge in [0.1, 0.15) is 6.10 Å². The molecule has 1 unspecified atom stereocenters. The molecule has 20 heavy (non-hydrogen) atoms. The van der Waals surface area contributed by atoms with E-state index in [0.717, 1.165) is 16.8 Å². The van der Waals surface area contributed by atoms with Crippen LogP contribution in [0.15, 0.2) is 42.5 Å². The lowest BCUT2D eigenvalue weighted by atomic mass is 10.1. The van der Waals surface area contributed by atoms with Gasteiger partial charge in [-0.05, 0) is 30.0 Å². The van der Waals surface area contributed by atoms with E-state index in [-0.39, 0.29) is 6.10 Å². The van der Waals surface area contributed by atoms with E-state index >= 15 is 0 Å². The highest BCUT2D eigenvalue weighted by Crippen LogP contribution is 2.23. The van der Waals surface area contributed by atoms with E-state index in [2.05, 4.69) is 31.0 Å².